The molecule has 1 unspecified atom stereocenters. The van der Waals surface area contributed by atoms with E-state index in [1.54, 1.807) is 6.20 Å². The Balaban J connectivity index is 1.54. The fourth-order valence-electron chi connectivity index (χ4n) is 4.77. The molecule has 140 valence electrons. The van der Waals surface area contributed by atoms with Gasteiger partial charge in [0.1, 0.15) is 17.2 Å². The van der Waals surface area contributed by atoms with Gasteiger partial charge in [-0.05, 0) is 49.8 Å². The van der Waals surface area contributed by atoms with Gasteiger partial charge in [0.05, 0.1) is 11.7 Å². The second-order valence-corrected chi connectivity index (χ2v) is 7.90. The summed E-state index contributed by atoms with van der Waals surface area (Å²) in [6, 6.07) is 8.60. The molecule has 3 heterocycles. The number of nitrogen functional groups attached to an aromatic ring is 1. The van der Waals surface area contributed by atoms with E-state index in [9.17, 15) is 0 Å². The smallest absolute Gasteiger partial charge is 0.149 e. The van der Waals surface area contributed by atoms with Gasteiger partial charge in [-0.15, -0.1) is 0 Å². The van der Waals surface area contributed by atoms with Crippen molar-refractivity contribution in [3.8, 4) is 0 Å². The van der Waals surface area contributed by atoms with E-state index in [-0.39, 0.29) is 6.04 Å². The summed E-state index contributed by atoms with van der Waals surface area (Å²) in [5.41, 5.74) is 16.7. The minimum absolute atomic E-state index is 0.137. The Morgan fingerprint density at radius 2 is 1.96 bits per heavy atom. The van der Waals surface area contributed by atoms with Crippen molar-refractivity contribution >= 4 is 17.0 Å². The molecule has 0 amide bonds. The van der Waals surface area contributed by atoms with Crippen LogP contribution in [-0.4, -0.2) is 20.9 Å². The number of para-hydroxylation sites is 1. The molecule has 1 atom stereocenters. The minimum Gasteiger partial charge on any atom is -0.382 e. The molecule has 1 aromatic carbocycles. The van der Waals surface area contributed by atoms with Crippen molar-refractivity contribution in [1.29, 1.82) is 0 Å². The van der Waals surface area contributed by atoms with E-state index in [1.165, 1.54) is 24.1 Å². The summed E-state index contributed by atoms with van der Waals surface area (Å²) in [5, 5.41) is 3.63. The molecule has 0 radical (unpaired) electrons. The molecule has 3 aromatic rings. The van der Waals surface area contributed by atoms with Gasteiger partial charge in [0.2, 0.25) is 0 Å². The standard InChI is InChI=1S/C21H26N6/c22-12-13-5-7-14(8-6-13)21-26-18(19-20(23)24-9-10-27(19)21)17-11-15-3-1-2-4-16(15)25-17/h1-4,9-10,13-14,17,25H,5-8,11-12,22H2,(H2,23,24). The molecule has 0 bridgehead atoms. The van der Waals surface area contributed by atoms with E-state index in [0.29, 0.717) is 17.7 Å². The average Bonchev–Trinajstić information content (AvgIpc) is 3.30. The average molecular weight is 362 g/mol. The van der Waals surface area contributed by atoms with Crippen molar-refractivity contribution in [1.82, 2.24) is 14.4 Å². The molecule has 1 saturated carbocycles. The minimum atomic E-state index is 0.137. The van der Waals surface area contributed by atoms with Crippen LogP contribution in [0.15, 0.2) is 36.7 Å². The van der Waals surface area contributed by atoms with Gasteiger partial charge < -0.3 is 16.8 Å². The number of rotatable bonds is 3. The molecule has 27 heavy (non-hydrogen) atoms. The lowest BCUT2D eigenvalue weighted by atomic mass is 9.81. The Kier molecular flexibility index (Phi) is 4.01. The highest BCUT2D eigenvalue weighted by molar-refractivity contribution is 5.72. The Labute approximate surface area is 159 Å². The predicted molar refractivity (Wildman–Crippen MR) is 108 cm³/mol. The fraction of sp³-hybridized carbons (Fsp3) is 0.429. The number of nitrogens with two attached hydrogens (primary N) is 2. The number of nitrogens with one attached hydrogen (secondary N) is 1. The number of benzene rings is 1. The fourth-order valence-corrected chi connectivity index (χ4v) is 4.77. The van der Waals surface area contributed by atoms with E-state index in [0.717, 1.165) is 42.8 Å². The normalized spacial score (nSPS) is 24.7. The molecule has 1 fully saturated rings. The predicted octanol–water partition coefficient (Wildman–Crippen LogP) is 3.25. The number of aromatic nitrogens is 3. The first-order valence-corrected chi connectivity index (χ1v) is 9.91. The molecule has 5 rings (SSSR count). The molecule has 0 spiro atoms. The number of hydrogen-bond acceptors (Lipinski definition) is 5. The summed E-state index contributed by atoms with van der Waals surface area (Å²) < 4.78 is 2.18. The Bertz CT molecular complexity index is 945. The Morgan fingerprint density at radius 1 is 1.15 bits per heavy atom. The lowest BCUT2D eigenvalue weighted by molar-refractivity contribution is 0.325. The van der Waals surface area contributed by atoms with Crippen LogP contribution >= 0.6 is 0 Å². The summed E-state index contributed by atoms with van der Waals surface area (Å²) in [6.45, 7) is 0.793. The highest BCUT2D eigenvalue weighted by atomic mass is 15.1. The molecular weight excluding hydrogens is 336 g/mol. The molecule has 5 N–H and O–H groups in total. The van der Waals surface area contributed by atoms with E-state index >= 15 is 0 Å². The highest BCUT2D eigenvalue weighted by Gasteiger charge is 2.31. The van der Waals surface area contributed by atoms with Gasteiger partial charge in [-0.3, -0.25) is 4.40 Å². The van der Waals surface area contributed by atoms with Gasteiger partial charge >= 0.3 is 0 Å². The quantitative estimate of drug-likeness (QED) is 0.665. The summed E-state index contributed by atoms with van der Waals surface area (Å²) in [4.78, 5) is 9.48. The van der Waals surface area contributed by atoms with Crippen LogP contribution in [0.1, 0.15) is 54.7 Å². The first-order chi connectivity index (χ1) is 13.2. The third kappa shape index (κ3) is 2.75. The van der Waals surface area contributed by atoms with E-state index in [4.69, 9.17) is 16.5 Å². The maximum Gasteiger partial charge on any atom is 0.149 e. The zero-order chi connectivity index (χ0) is 18.4. The molecule has 2 aromatic heterocycles. The SMILES string of the molecule is NCC1CCC(c2nc(C3Cc4ccccc4N3)c3c(N)nccn23)CC1. The third-order valence-electron chi connectivity index (χ3n) is 6.28. The molecule has 0 saturated heterocycles. The van der Waals surface area contributed by atoms with Gasteiger partial charge in [-0.25, -0.2) is 9.97 Å². The highest BCUT2D eigenvalue weighted by Crippen LogP contribution is 2.40. The molecule has 2 aliphatic rings. The van der Waals surface area contributed by atoms with Gasteiger partial charge in [0.25, 0.3) is 0 Å². The van der Waals surface area contributed by atoms with E-state index in [1.807, 2.05) is 6.20 Å². The lowest BCUT2D eigenvalue weighted by Gasteiger charge is -2.26. The number of anilines is 2. The van der Waals surface area contributed by atoms with Gasteiger partial charge in [-0.2, -0.15) is 0 Å². The van der Waals surface area contributed by atoms with Crippen LogP contribution < -0.4 is 16.8 Å². The van der Waals surface area contributed by atoms with Crippen molar-refractivity contribution in [3.05, 3.63) is 53.7 Å². The van der Waals surface area contributed by atoms with Gasteiger partial charge in [0.15, 0.2) is 0 Å². The molecule has 1 aliphatic carbocycles. The van der Waals surface area contributed by atoms with Crippen LogP contribution in [-0.2, 0) is 6.42 Å². The number of imidazole rings is 1. The van der Waals surface area contributed by atoms with Crippen LogP contribution in [0.4, 0.5) is 11.5 Å². The maximum absolute atomic E-state index is 6.30. The van der Waals surface area contributed by atoms with Gasteiger partial charge in [0, 0.05) is 30.4 Å². The third-order valence-corrected chi connectivity index (χ3v) is 6.28. The van der Waals surface area contributed by atoms with Crippen LogP contribution in [0.5, 0.6) is 0 Å². The second-order valence-electron chi connectivity index (χ2n) is 7.90. The van der Waals surface area contributed by atoms with E-state index < -0.39 is 0 Å². The second kappa shape index (κ2) is 6.53. The van der Waals surface area contributed by atoms with Crippen LogP contribution in [0.2, 0.25) is 0 Å². The first-order valence-electron chi connectivity index (χ1n) is 9.91. The number of nitrogens with zero attached hydrogens (tertiary/aromatic N) is 3. The Hall–Kier alpha value is -2.60. The molecule has 6 heteroatoms. The molecule has 1 aliphatic heterocycles. The van der Waals surface area contributed by atoms with Crippen molar-refractivity contribution < 1.29 is 0 Å². The van der Waals surface area contributed by atoms with Crippen molar-refractivity contribution in [2.75, 3.05) is 17.6 Å². The Morgan fingerprint density at radius 3 is 2.74 bits per heavy atom. The van der Waals surface area contributed by atoms with E-state index in [2.05, 4.69) is 39.0 Å². The van der Waals surface area contributed by atoms with Gasteiger partial charge in [-0.1, -0.05) is 18.2 Å². The first kappa shape index (κ1) is 16.6. The number of hydrogen-bond donors (Lipinski definition) is 3. The molecule has 6 nitrogen and oxygen atoms in total. The summed E-state index contributed by atoms with van der Waals surface area (Å²) >= 11 is 0. The van der Waals surface area contributed by atoms with Crippen molar-refractivity contribution in [2.45, 2.75) is 44.1 Å². The van der Waals surface area contributed by atoms with Crippen LogP contribution in [0.3, 0.4) is 0 Å². The van der Waals surface area contributed by atoms with Crippen molar-refractivity contribution in [2.24, 2.45) is 11.7 Å². The van der Waals surface area contributed by atoms with Crippen molar-refractivity contribution in [3.63, 3.8) is 0 Å². The maximum atomic E-state index is 6.30. The summed E-state index contributed by atoms with van der Waals surface area (Å²) in [7, 11) is 0. The summed E-state index contributed by atoms with van der Waals surface area (Å²) in [5.74, 6) is 2.80. The monoisotopic (exact) mass is 362 g/mol. The summed E-state index contributed by atoms with van der Waals surface area (Å²) in [6.07, 6.45) is 9.35. The van der Waals surface area contributed by atoms with Crippen LogP contribution in [0.25, 0.3) is 5.52 Å². The van der Waals surface area contributed by atoms with Crippen LogP contribution in [0, 0.1) is 5.92 Å². The topological polar surface area (TPSA) is 94.3 Å². The largest absolute Gasteiger partial charge is 0.382 e. The zero-order valence-electron chi connectivity index (χ0n) is 15.4. The lowest BCUT2D eigenvalue weighted by Crippen LogP contribution is -2.21. The zero-order valence-corrected chi connectivity index (χ0v) is 15.4. The molecular formula is C21H26N6. The number of fused-ring (bicyclic) bond motifs is 2.